The van der Waals surface area contributed by atoms with E-state index in [2.05, 4.69) is 5.32 Å². The van der Waals surface area contributed by atoms with Gasteiger partial charge in [0.05, 0.1) is 9.90 Å². The number of hydrogen-bond acceptors (Lipinski definition) is 3. The molecule has 1 aromatic rings. The zero-order chi connectivity index (χ0) is 12.4. The van der Waals surface area contributed by atoms with E-state index in [0.717, 1.165) is 0 Å². The fourth-order valence-electron chi connectivity index (χ4n) is 1.84. The number of carbonyl (C=O) groups is 2. The molecule has 92 valence electrons. The first kappa shape index (κ1) is 12.9. The minimum atomic E-state index is -0.211. The summed E-state index contributed by atoms with van der Waals surface area (Å²) in [5, 5.41) is 2.88. The van der Waals surface area contributed by atoms with Crippen molar-refractivity contribution in [2.75, 3.05) is 0 Å². The highest BCUT2D eigenvalue weighted by atomic mass is 35.5. The van der Waals surface area contributed by atoms with Gasteiger partial charge in [-0.3, -0.25) is 9.59 Å². The monoisotopic (exact) mass is 291 g/mol. The SMILES string of the molecule is O=C1CCC(NC(=O)c2cc(Cl)sc2Cl)CC1. The van der Waals surface area contributed by atoms with Crippen molar-refractivity contribution >= 4 is 46.2 Å². The van der Waals surface area contributed by atoms with Crippen LogP contribution in [0.2, 0.25) is 8.67 Å². The van der Waals surface area contributed by atoms with Crippen LogP contribution in [-0.4, -0.2) is 17.7 Å². The van der Waals surface area contributed by atoms with Crippen LogP contribution in [-0.2, 0) is 4.79 Å². The molecule has 0 aromatic carbocycles. The van der Waals surface area contributed by atoms with E-state index < -0.39 is 0 Å². The topological polar surface area (TPSA) is 46.2 Å². The Bertz CT molecular complexity index is 448. The van der Waals surface area contributed by atoms with Gasteiger partial charge in [-0.1, -0.05) is 23.2 Å². The molecule has 0 atom stereocenters. The molecule has 0 saturated heterocycles. The maximum Gasteiger partial charge on any atom is 0.253 e. The van der Waals surface area contributed by atoms with E-state index >= 15 is 0 Å². The summed E-state index contributed by atoms with van der Waals surface area (Å²) in [6, 6.07) is 1.63. The summed E-state index contributed by atoms with van der Waals surface area (Å²) in [6.07, 6.45) is 2.51. The molecule has 1 N–H and O–H groups in total. The number of ketones is 1. The van der Waals surface area contributed by atoms with Gasteiger partial charge in [0.2, 0.25) is 0 Å². The minimum absolute atomic E-state index is 0.0648. The lowest BCUT2D eigenvalue weighted by molar-refractivity contribution is -0.120. The van der Waals surface area contributed by atoms with Crippen LogP contribution in [0.25, 0.3) is 0 Å². The molecule has 1 aliphatic rings. The molecule has 1 aliphatic carbocycles. The maximum atomic E-state index is 11.9. The van der Waals surface area contributed by atoms with Crippen LogP contribution in [0.1, 0.15) is 36.0 Å². The lowest BCUT2D eigenvalue weighted by Crippen LogP contribution is -2.37. The van der Waals surface area contributed by atoms with E-state index in [1.54, 1.807) is 6.07 Å². The van der Waals surface area contributed by atoms with Gasteiger partial charge in [0.1, 0.15) is 10.1 Å². The van der Waals surface area contributed by atoms with E-state index in [4.69, 9.17) is 23.2 Å². The molecule has 1 fully saturated rings. The molecule has 0 unspecified atom stereocenters. The van der Waals surface area contributed by atoms with Crippen molar-refractivity contribution < 1.29 is 9.59 Å². The third kappa shape index (κ3) is 3.21. The van der Waals surface area contributed by atoms with Gasteiger partial charge in [0.15, 0.2) is 0 Å². The molecule has 3 nitrogen and oxygen atoms in total. The first-order valence-electron chi connectivity index (χ1n) is 5.33. The molecule has 17 heavy (non-hydrogen) atoms. The van der Waals surface area contributed by atoms with Gasteiger partial charge in [-0.15, -0.1) is 11.3 Å². The zero-order valence-corrected chi connectivity index (χ0v) is 11.3. The van der Waals surface area contributed by atoms with Crippen LogP contribution >= 0.6 is 34.5 Å². The summed E-state index contributed by atoms with van der Waals surface area (Å²) in [5.74, 6) is 0.0598. The third-order valence-electron chi connectivity index (χ3n) is 2.78. The number of halogens is 2. The summed E-state index contributed by atoms with van der Waals surface area (Å²) in [4.78, 5) is 23.0. The molecule has 0 spiro atoms. The number of thiophene rings is 1. The molecule has 0 radical (unpaired) electrons. The van der Waals surface area contributed by atoms with Crippen LogP contribution in [0.3, 0.4) is 0 Å². The summed E-state index contributed by atoms with van der Waals surface area (Å²) in [6.45, 7) is 0. The fraction of sp³-hybridized carbons (Fsp3) is 0.455. The minimum Gasteiger partial charge on any atom is -0.349 e. The van der Waals surface area contributed by atoms with Crippen molar-refractivity contribution in [1.29, 1.82) is 0 Å². The van der Waals surface area contributed by atoms with Crippen LogP contribution in [0.15, 0.2) is 6.07 Å². The summed E-state index contributed by atoms with van der Waals surface area (Å²) < 4.78 is 0.901. The average Bonchev–Trinajstić information content (AvgIpc) is 2.61. The molecule has 6 heteroatoms. The lowest BCUT2D eigenvalue weighted by atomic mass is 9.94. The molecular weight excluding hydrogens is 281 g/mol. The standard InChI is InChI=1S/C11H11Cl2NO2S/c12-9-5-8(10(13)17-9)11(16)14-6-1-3-7(15)4-2-6/h5-6H,1-4H2,(H,14,16). The summed E-state index contributed by atoms with van der Waals surface area (Å²) in [7, 11) is 0. The van der Waals surface area contributed by atoms with Gasteiger partial charge in [-0.25, -0.2) is 0 Å². The Labute approximate surface area is 113 Å². The van der Waals surface area contributed by atoms with Crippen molar-refractivity contribution in [3.8, 4) is 0 Å². The van der Waals surface area contributed by atoms with E-state index in [-0.39, 0.29) is 17.7 Å². The maximum absolute atomic E-state index is 11.9. The smallest absolute Gasteiger partial charge is 0.253 e. The summed E-state index contributed by atoms with van der Waals surface area (Å²) >= 11 is 12.9. The largest absolute Gasteiger partial charge is 0.349 e. The van der Waals surface area contributed by atoms with Gasteiger partial charge >= 0.3 is 0 Å². The van der Waals surface area contributed by atoms with Crippen LogP contribution in [0, 0.1) is 0 Å². The molecular formula is C11H11Cl2NO2S. The average molecular weight is 292 g/mol. The van der Waals surface area contributed by atoms with E-state index in [9.17, 15) is 9.59 Å². The highest BCUT2D eigenvalue weighted by molar-refractivity contribution is 7.20. The number of amides is 1. The van der Waals surface area contributed by atoms with Gasteiger partial charge in [0.25, 0.3) is 5.91 Å². The number of carbonyl (C=O) groups excluding carboxylic acids is 2. The second kappa shape index (κ2) is 5.38. The summed E-state index contributed by atoms with van der Waals surface area (Å²) in [5.41, 5.74) is 0.415. The number of Topliss-reactive ketones (excluding diaryl/α,β-unsaturated/α-hetero) is 1. The first-order chi connectivity index (χ1) is 8.06. The molecule has 1 amide bonds. The Morgan fingerprint density at radius 3 is 2.53 bits per heavy atom. The highest BCUT2D eigenvalue weighted by Crippen LogP contribution is 2.31. The predicted molar refractivity (Wildman–Crippen MR) is 69.1 cm³/mol. The highest BCUT2D eigenvalue weighted by Gasteiger charge is 2.22. The Balaban J connectivity index is 1.97. The first-order valence-corrected chi connectivity index (χ1v) is 6.91. The molecule has 0 bridgehead atoms. The van der Waals surface area contributed by atoms with Crippen LogP contribution in [0.5, 0.6) is 0 Å². The number of hydrogen-bond donors (Lipinski definition) is 1. The molecule has 1 heterocycles. The molecule has 1 aromatic heterocycles. The van der Waals surface area contributed by atoms with E-state index in [1.165, 1.54) is 11.3 Å². The zero-order valence-electron chi connectivity index (χ0n) is 8.96. The van der Waals surface area contributed by atoms with Crippen LogP contribution in [0.4, 0.5) is 0 Å². The van der Waals surface area contributed by atoms with Crippen molar-refractivity contribution in [2.45, 2.75) is 31.7 Å². The van der Waals surface area contributed by atoms with Crippen molar-refractivity contribution in [1.82, 2.24) is 5.32 Å². The molecule has 1 saturated carbocycles. The van der Waals surface area contributed by atoms with Crippen molar-refractivity contribution in [3.05, 3.63) is 20.3 Å². The fourth-order valence-corrected chi connectivity index (χ4v) is 3.30. The number of nitrogens with one attached hydrogen (secondary N) is 1. The Kier molecular flexibility index (Phi) is 4.07. The third-order valence-corrected chi connectivity index (χ3v) is 4.27. The molecule has 0 aliphatic heterocycles. The molecule has 2 rings (SSSR count). The van der Waals surface area contributed by atoms with Gasteiger partial charge in [-0.05, 0) is 18.9 Å². The van der Waals surface area contributed by atoms with E-state index in [1.807, 2.05) is 0 Å². The second-order valence-electron chi connectivity index (χ2n) is 4.02. The number of rotatable bonds is 2. The van der Waals surface area contributed by atoms with Crippen molar-refractivity contribution in [2.24, 2.45) is 0 Å². The van der Waals surface area contributed by atoms with Gasteiger partial charge in [-0.2, -0.15) is 0 Å². The van der Waals surface area contributed by atoms with E-state index in [0.29, 0.717) is 39.9 Å². The Morgan fingerprint density at radius 1 is 1.35 bits per heavy atom. The normalized spacial score (nSPS) is 17.2. The second-order valence-corrected chi connectivity index (χ2v) is 6.31. The van der Waals surface area contributed by atoms with Crippen LogP contribution < -0.4 is 5.32 Å². The Morgan fingerprint density at radius 2 is 2.00 bits per heavy atom. The quantitative estimate of drug-likeness (QED) is 0.909. The lowest BCUT2D eigenvalue weighted by Gasteiger charge is -2.21. The van der Waals surface area contributed by atoms with Gasteiger partial charge < -0.3 is 5.32 Å². The predicted octanol–water partition coefficient (Wildman–Crippen LogP) is 3.30. The van der Waals surface area contributed by atoms with Crippen molar-refractivity contribution in [3.63, 3.8) is 0 Å². The van der Waals surface area contributed by atoms with Gasteiger partial charge in [0, 0.05) is 18.9 Å². The Hall–Kier alpha value is -0.580.